The number of anilines is 1. The van der Waals surface area contributed by atoms with Gasteiger partial charge in [0, 0.05) is 25.4 Å². The highest BCUT2D eigenvalue weighted by Gasteiger charge is 2.20. The Bertz CT molecular complexity index is 391. The van der Waals surface area contributed by atoms with Crippen molar-refractivity contribution in [2.75, 3.05) is 38.2 Å². The zero-order valence-corrected chi connectivity index (χ0v) is 12.6. The zero-order chi connectivity index (χ0) is 14.2. The second-order valence-electron chi connectivity index (χ2n) is 5.37. The summed E-state index contributed by atoms with van der Waals surface area (Å²) in [5.41, 5.74) is 0. The summed E-state index contributed by atoms with van der Waals surface area (Å²) >= 11 is 0. The summed E-state index contributed by atoms with van der Waals surface area (Å²) in [6.45, 7) is 6.01. The lowest BCUT2D eigenvalue weighted by molar-refractivity contribution is 0.304. The number of nitrogens with zero attached hydrogens (tertiary/aromatic N) is 3. The molecular formula is C15H26N4O. The van der Waals surface area contributed by atoms with Gasteiger partial charge in [0.1, 0.15) is 0 Å². The Hall–Kier alpha value is -1.36. The van der Waals surface area contributed by atoms with Crippen LogP contribution in [0, 0.1) is 5.92 Å². The van der Waals surface area contributed by atoms with Gasteiger partial charge in [-0.2, -0.15) is 4.98 Å². The van der Waals surface area contributed by atoms with Crippen molar-refractivity contribution >= 4 is 5.95 Å². The maximum absolute atomic E-state index is 5.57. The van der Waals surface area contributed by atoms with Crippen molar-refractivity contribution in [3.8, 4) is 5.88 Å². The van der Waals surface area contributed by atoms with Crippen LogP contribution in [0.5, 0.6) is 5.88 Å². The van der Waals surface area contributed by atoms with Crippen molar-refractivity contribution < 1.29 is 4.74 Å². The van der Waals surface area contributed by atoms with Crippen molar-refractivity contribution in [1.82, 2.24) is 15.3 Å². The normalized spacial score (nSPS) is 16.4. The Morgan fingerprint density at radius 2 is 2.20 bits per heavy atom. The maximum Gasteiger partial charge on any atom is 0.228 e. The number of aromatic nitrogens is 2. The fraction of sp³-hybridized carbons (Fsp3) is 0.733. The van der Waals surface area contributed by atoms with Crippen molar-refractivity contribution in [2.45, 2.75) is 32.6 Å². The van der Waals surface area contributed by atoms with Crippen LogP contribution in [0.4, 0.5) is 5.95 Å². The van der Waals surface area contributed by atoms with Crippen LogP contribution in [0.25, 0.3) is 0 Å². The molecule has 0 radical (unpaired) electrons. The summed E-state index contributed by atoms with van der Waals surface area (Å²) in [5, 5.41) is 3.23. The second-order valence-corrected chi connectivity index (χ2v) is 5.37. The van der Waals surface area contributed by atoms with Gasteiger partial charge in [-0.25, -0.2) is 4.98 Å². The molecule has 2 rings (SSSR count). The molecule has 1 aromatic heterocycles. The molecule has 0 unspecified atom stereocenters. The van der Waals surface area contributed by atoms with Gasteiger partial charge in [-0.3, -0.25) is 0 Å². The first-order chi connectivity index (χ1) is 9.83. The van der Waals surface area contributed by atoms with E-state index in [1.807, 2.05) is 13.1 Å². The Labute approximate surface area is 121 Å². The van der Waals surface area contributed by atoms with E-state index in [4.69, 9.17) is 4.74 Å². The van der Waals surface area contributed by atoms with Gasteiger partial charge < -0.3 is 15.0 Å². The maximum atomic E-state index is 5.57. The summed E-state index contributed by atoms with van der Waals surface area (Å²) < 4.78 is 5.57. The minimum absolute atomic E-state index is 0.689. The quantitative estimate of drug-likeness (QED) is 0.827. The van der Waals surface area contributed by atoms with Crippen LogP contribution in [0.3, 0.4) is 0 Å². The topological polar surface area (TPSA) is 50.3 Å². The molecule has 0 aromatic carbocycles. The fourth-order valence-electron chi connectivity index (χ4n) is 2.54. The average molecular weight is 278 g/mol. The van der Waals surface area contributed by atoms with Gasteiger partial charge in [0.05, 0.1) is 6.61 Å². The molecule has 1 saturated heterocycles. The van der Waals surface area contributed by atoms with E-state index in [1.54, 1.807) is 6.20 Å². The average Bonchev–Trinajstić information content (AvgIpc) is 2.52. The predicted octanol–water partition coefficient (Wildman–Crippen LogP) is 2.09. The van der Waals surface area contributed by atoms with Gasteiger partial charge in [0.2, 0.25) is 11.8 Å². The molecule has 0 aliphatic carbocycles. The summed E-state index contributed by atoms with van der Waals surface area (Å²) in [6, 6.07) is 1.83. The van der Waals surface area contributed by atoms with E-state index in [0.717, 1.165) is 37.9 Å². The molecule has 1 aromatic rings. The van der Waals surface area contributed by atoms with Gasteiger partial charge >= 0.3 is 0 Å². The molecule has 0 bridgehead atoms. The molecule has 5 heteroatoms. The molecule has 112 valence electrons. The SMILES string of the molecule is CCCOc1ccnc(N2CCC(CCNC)CC2)n1. The fourth-order valence-corrected chi connectivity index (χ4v) is 2.54. The second kappa shape index (κ2) is 8.04. The smallest absolute Gasteiger partial charge is 0.228 e. The molecule has 1 aliphatic heterocycles. The van der Waals surface area contributed by atoms with E-state index in [0.29, 0.717) is 12.5 Å². The third kappa shape index (κ3) is 4.34. The third-order valence-corrected chi connectivity index (χ3v) is 3.77. The Kier molecular flexibility index (Phi) is 6.05. The molecule has 2 heterocycles. The van der Waals surface area contributed by atoms with Crippen molar-refractivity contribution in [1.29, 1.82) is 0 Å². The van der Waals surface area contributed by atoms with Gasteiger partial charge in [-0.05, 0) is 45.2 Å². The molecule has 1 aliphatic rings. The number of ether oxygens (including phenoxy) is 1. The zero-order valence-electron chi connectivity index (χ0n) is 12.6. The summed E-state index contributed by atoms with van der Waals surface area (Å²) in [6.07, 6.45) is 6.51. The van der Waals surface area contributed by atoms with E-state index in [1.165, 1.54) is 19.3 Å². The lowest BCUT2D eigenvalue weighted by Crippen LogP contribution is -2.35. The first kappa shape index (κ1) is 15.0. The number of hydrogen-bond acceptors (Lipinski definition) is 5. The van der Waals surface area contributed by atoms with E-state index in [2.05, 4.69) is 27.1 Å². The van der Waals surface area contributed by atoms with Crippen LogP contribution in [-0.2, 0) is 0 Å². The van der Waals surface area contributed by atoms with Crippen LogP contribution < -0.4 is 15.0 Å². The highest BCUT2D eigenvalue weighted by atomic mass is 16.5. The molecule has 0 spiro atoms. The lowest BCUT2D eigenvalue weighted by atomic mass is 9.94. The highest BCUT2D eigenvalue weighted by Crippen LogP contribution is 2.23. The van der Waals surface area contributed by atoms with Crippen LogP contribution in [-0.4, -0.2) is 43.3 Å². The minimum atomic E-state index is 0.689. The van der Waals surface area contributed by atoms with E-state index in [9.17, 15) is 0 Å². The summed E-state index contributed by atoms with van der Waals surface area (Å²) in [4.78, 5) is 11.2. The Morgan fingerprint density at radius 1 is 1.40 bits per heavy atom. The summed E-state index contributed by atoms with van der Waals surface area (Å²) in [5.74, 6) is 2.33. The number of piperidine rings is 1. The van der Waals surface area contributed by atoms with Crippen LogP contribution >= 0.6 is 0 Å². The molecule has 0 atom stereocenters. The number of hydrogen-bond donors (Lipinski definition) is 1. The monoisotopic (exact) mass is 278 g/mol. The molecule has 0 saturated carbocycles. The first-order valence-corrected chi connectivity index (χ1v) is 7.69. The summed E-state index contributed by atoms with van der Waals surface area (Å²) in [7, 11) is 2.02. The lowest BCUT2D eigenvalue weighted by Gasteiger charge is -2.32. The standard InChI is InChI=1S/C15H26N4O/c1-3-12-20-14-5-9-17-15(18-14)19-10-6-13(7-11-19)4-8-16-2/h5,9,13,16H,3-4,6-8,10-12H2,1-2H3. The third-order valence-electron chi connectivity index (χ3n) is 3.77. The van der Waals surface area contributed by atoms with Crippen LogP contribution in [0.2, 0.25) is 0 Å². The number of nitrogens with one attached hydrogen (secondary N) is 1. The van der Waals surface area contributed by atoms with Crippen molar-refractivity contribution in [2.24, 2.45) is 5.92 Å². The largest absolute Gasteiger partial charge is 0.478 e. The van der Waals surface area contributed by atoms with Gasteiger partial charge in [0.25, 0.3) is 0 Å². The van der Waals surface area contributed by atoms with Gasteiger partial charge in [0.15, 0.2) is 0 Å². The van der Waals surface area contributed by atoms with Gasteiger partial charge in [-0.1, -0.05) is 6.92 Å². The Balaban J connectivity index is 1.86. The van der Waals surface area contributed by atoms with E-state index < -0.39 is 0 Å². The van der Waals surface area contributed by atoms with Gasteiger partial charge in [-0.15, -0.1) is 0 Å². The molecule has 1 fully saturated rings. The molecular weight excluding hydrogens is 252 g/mol. The van der Waals surface area contributed by atoms with Crippen LogP contribution in [0.15, 0.2) is 12.3 Å². The highest BCUT2D eigenvalue weighted by molar-refractivity contribution is 5.32. The van der Waals surface area contributed by atoms with Crippen LogP contribution in [0.1, 0.15) is 32.6 Å². The van der Waals surface area contributed by atoms with E-state index >= 15 is 0 Å². The molecule has 5 nitrogen and oxygen atoms in total. The molecule has 1 N–H and O–H groups in total. The van der Waals surface area contributed by atoms with Crippen molar-refractivity contribution in [3.05, 3.63) is 12.3 Å². The first-order valence-electron chi connectivity index (χ1n) is 7.69. The molecule has 20 heavy (non-hydrogen) atoms. The van der Waals surface area contributed by atoms with E-state index in [-0.39, 0.29) is 0 Å². The Morgan fingerprint density at radius 3 is 2.90 bits per heavy atom. The molecule has 0 amide bonds. The minimum Gasteiger partial charge on any atom is -0.478 e. The number of rotatable bonds is 7. The predicted molar refractivity (Wildman–Crippen MR) is 81.3 cm³/mol. The van der Waals surface area contributed by atoms with Crippen molar-refractivity contribution in [3.63, 3.8) is 0 Å².